The van der Waals surface area contributed by atoms with Crippen molar-refractivity contribution in [3.8, 4) is 0 Å². The summed E-state index contributed by atoms with van der Waals surface area (Å²) in [6.07, 6.45) is 9.58. The van der Waals surface area contributed by atoms with Gasteiger partial charge in [-0.25, -0.2) is 0 Å². The summed E-state index contributed by atoms with van der Waals surface area (Å²) >= 11 is 0. The first-order valence-electron chi connectivity index (χ1n) is 7.23. The van der Waals surface area contributed by atoms with Crippen LogP contribution < -0.4 is 5.73 Å². The summed E-state index contributed by atoms with van der Waals surface area (Å²) in [7, 11) is 0. The molecule has 1 saturated carbocycles. The fraction of sp³-hybridized carbons (Fsp3) is 1.00. The summed E-state index contributed by atoms with van der Waals surface area (Å²) in [5, 5.41) is 0. The molecule has 0 amide bonds. The lowest BCUT2D eigenvalue weighted by molar-refractivity contribution is 0.253. The van der Waals surface area contributed by atoms with Crippen LogP contribution in [0.3, 0.4) is 0 Å². The van der Waals surface area contributed by atoms with Crippen molar-refractivity contribution in [1.29, 1.82) is 0 Å². The Hall–Kier alpha value is -0.0800. The average Bonchev–Trinajstić information content (AvgIpc) is 2.55. The van der Waals surface area contributed by atoms with E-state index in [2.05, 4.69) is 11.8 Å². The maximum absolute atomic E-state index is 6.13. The van der Waals surface area contributed by atoms with Gasteiger partial charge in [-0.15, -0.1) is 0 Å². The van der Waals surface area contributed by atoms with Gasteiger partial charge in [-0.3, -0.25) is 0 Å². The third kappa shape index (κ3) is 3.46. The van der Waals surface area contributed by atoms with E-state index in [1.54, 1.807) is 0 Å². The van der Waals surface area contributed by atoms with Crippen molar-refractivity contribution in [2.75, 3.05) is 19.6 Å². The molecule has 0 aromatic carbocycles. The minimum atomic E-state index is 0.505. The second kappa shape index (κ2) is 6.02. The standard InChI is InChI=1S/C14H28N2/c1-12-4-3-9-16(10-7-12)11-8-13-5-2-6-14(13)15/h12-14H,2-11,15H2,1H3. The number of likely N-dealkylation sites (tertiary alicyclic amines) is 1. The Kier molecular flexibility index (Phi) is 4.66. The molecule has 1 heterocycles. The van der Waals surface area contributed by atoms with E-state index in [0.717, 1.165) is 11.8 Å². The van der Waals surface area contributed by atoms with Gasteiger partial charge in [-0.2, -0.15) is 0 Å². The van der Waals surface area contributed by atoms with Crippen LogP contribution in [-0.2, 0) is 0 Å². The molecule has 3 atom stereocenters. The predicted molar refractivity (Wildman–Crippen MR) is 69.4 cm³/mol. The van der Waals surface area contributed by atoms with Gasteiger partial charge in [0.25, 0.3) is 0 Å². The molecule has 0 aromatic heterocycles. The van der Waals surface area contributed by atoms with E-state index in [-0.39, 0.29) is 0 Å². The van der Waals surface area contributed by atoms with Gasteiger partial charge in [-0.1, -0.05) is 13.3 Å². The second-order valence-corrected chi connectivity index (χ2v) is 6.02. The van der Waals surface area contributed by atoms with E-state index in [1.807, 2.05) is 0 Å². The molecule has 2 N–H and O–H groups in total. The molecule has 2 fully saturated rings. The first-order valence-corrected chi connectivity index (χ1v) is 7.23. The van der Waals surface area contributed by atoms with Crippen LogP contribution in [-0.4, -0.2) is 30.6 Å². The number of rotatable bonds is 3. The van der Waals surface area contributed by atoms with E-state index >= 15 is 0 Å². The van der Waals surface area contributed by atoms with Crippen molar-refractivity contribution < 1.29 is 0 Å². The number of nitrogens with zero attached hydrogens (tertiary/aromatic N) is 1. The molecule has 2 heteroatoms. The molecule has 2 aliphatic rings. The van der Waals surface area contributed by atoms with Crippen LogP contribution in [0, 0.1) is 11.8 Å². The van der Waals surface area contributed by atoms with E-state index in [9.17, 15) is 0 Å². The van der Waals surface area contributed by atoms with Crippen LogP contribution in [0.4, 0.5) is 0 Å². The van der Waals surface area contributed by atoms with Crippen molar-refractivity contribution >= 4 is 0 Å². The lowest BCUT2D eigenvalue weighted by Gasteiger charge is -2.23. The van der Waals surface area contributed by atoms with E-state index in [4.69, 9.17) is 5.73 Å². The van der Waals surface area contributed by atoms with Crippen LogP contribution in [0.2, 0.25) is 0 Å². The highest BCUT2D eigenvalue weighted by Gasteiger charge is 2.24. The highest BCUT2D eigenvalue weighted by atomic mass is 15.1. The topological polar surface area (TPSA) is 29.3 Å². The molecule has 1 saturated heterocycles. The monoisotopic (exact) mass is 224 g/mol. The van der Waals surface area contributed by atoms with Crippen molar-refractivity contribution in [1.82, 2.24) is 4.90 Å². The fourth-order valence-corrected chi connectivity index (χ4v) is 3.32. The van der Waals surface area contributed by atoms with Crippen LogP contribution in [0.5, 0.6) is 0 Å². The highest BCUT2D eigenvalue weighted by Crippen LogP contribution is 2.27. The maximum atomic E-state index is 6.13. The molecule has 0 aromatic rings. The molecule has 16 heavy (non-hydrogen) atoms. The Morgan fingerprint density at radius 3 is 2.69 bits per heavy atom. The lowest BCUT2D eigenvalue weighted by Crippen LogP contribution is -2.31. The summed E-state index contributed by atoms with van der Waals surface area (Å²) in [5.41, 5.74) is 6.13. The van der Waals surface area contributed by atoms with Gasteiger partial charge >= 0.3 is 0 Å². The summed E-state index contributed by atoms with van der Waals surface area (Å²) in [4.78, 5) is 2.68. The lowest BCUT2D eigenvalue weighted by atomic mass is 10.00. The normalized spacial score (nSPS) is 37.5. The minimum Gasteiger partial charge on any atom is -0.327 e. The zero-order valence-corrected chi connectivity index (χ0v) is 10.8. The Morgan fingerprint density at radius 1 is 1.06 bits per heavy atom. The Morgan fingerprint density at radius 2 is 1.94 bits per heavy atom. The number of hydrogen-bond acceptors (Lipinski definition) is 2. The first kappa shape index (κ1) is 12.4. The molecular formula is C14H28N2. The largest absolute Gasteiger partial charge is 0.327 e. The van der Waals surface area contributed by atoms with Gasteiger partial charge in [0.05, 0.1) is 0 Å². The molecule has 2 nitrogen and oxygen atoms in total. The summed E-state index contributed by atoms with van der Waals surface area (Å²) in [5.74, 6) is 1.76. The van der Waals surface area contributed by atoms with Gasteiger partial charge in [0.15, 0.2) is 0 Å². The Labute approximate surface area is 101 Å². The summed E-state index contributed by atoms with van der Waals surface area (Å²) in [6, 6.07) is 0.505. The third-order valence-electron chi connectivity index (χ3n) is 4.64. The second-order valence-electron chi connectivity index (χ2n) is 6.02. The third-order valence-corrected chi connectivity index (χ3v) is 4.64. The number of hydrogen-bond donors (Lipinski definition) is 1. The van der Waals surface area contributed by atoms with Crippen molar-refractivity contribution in [2.45, 2.75) is 57.9 Å². The van der Waals surface area contributed by atoms with Gasteiger partial charge < -0.3 is 10.6 Å². The average molecular weight is 224 g/mol. The van der Waals surface area contributed by atoms with Crippen LogP contribution in [0.1, 0.15) is 51.9 Å². The molecule has 3 unspecified atom stereocenters. The van der Waals surface area contributed by atoms with Crippen LogP contribution in [0.25, 0.3) is 0 Å². The predicted octanol–water partition coefficient (Wildman–Crippen LogP) is 2.63. The Bertz CT molecular complexity index is 205. The van der Waals surface area contributed by atoms with Gasteiger partial charge in [0.1, 0.15) is 0 Å². The quantitative estimate of drug-likeness (QED) is 0.798. The maximum Gasteiger partial charge on any atom is 0.00676 e. The van der Waals surface area contributed by atoms with Crippen molar-refractivity contribution in [2.24, 2.45) is 17.6 Å². The van der Waals surface area contributed by atoms with Crippen molar-refractivity contribution in [3.05, 3.63) is 0 Å². The molecule has 94 valence electrons. The smallest absolute Gasteiger partial charge is 0.00676 e. The molecular weight excluding hydrogens is 196 g/mol. The first-order chi connectivity index (χ1) is 7.75. The molecule has 1 aliphatic carbocycles. The zero-order valence-electron chi connectivity index (χ0n) is 10.8. The Balaban J connectivity index is 1.68. The van der Waals surface area contributed by atoms with Crippen LogP contribution in [0.15, 0.2) is 0 Å². The molecule has 2 rings (SSSR count). The number of nitrogens with two attached hydrogens (primary N) is 1. The fourth-order valence-electron chi connectivity index (χ4n) is 3.32. The molecule has 0 spiro atoms. The minimum absolute atomic E-state index is 0.505. The van der Waals surface area contributed by atoms with Gasteiger partial charge in [-0.05, 0) is 70.0 Å². The summed E-state index contributed by atoms with van der Waals surface area (Å²) in [6.45, 7) is 6.34. The molecule has 0 bridgehead atoms. The summed E-state index contributed by atoms with van der Waals surface area (Å²) < 4.78 is 0. The SMILES string of the molecule is CC1CCCN(CCC2CCCC2N)CC1. The van der Waals surface area contributed by atoms with Crippen molar-refractivity contribution in [3.63, 3.8) is 0 Å². The van der Waals surface area contributed by atoms with E-state index in [1.165, 1.54) is 64.6 Å². The molecule has 1 aliphatic heterocycles. The van der Waals surface area contributed by atoms with Gasteiger partial charge in [0, 0.05) is 6.04 Å². The van der Waals surface area contributed by atoms with Crippen LogP contribution >= 0.6 is 0 Å². The van der Waals surface area contributed by atoms with E-state index < -0.39 is 0 Å². The van der Waals surface area contributed by atoms with Gasteiger partial charge in [0.2, 0.25) is 0 Å². The molecule has 0 radical (unpaired) electrons. The van der Waals surface area contributed by atoms with E-state index in [0.29, 0.717) is 6.04 Å². The highest BCUT2D eigenvalue weighted by molar-refractivity contribution is 4.81. The zero-order chi connectivity index (χ0) is 11.4.